The Hall–Kier alpha value is -1.53. The first-order valence-corrected chi connectivity index (χ1v) is 7.28. The fourth-order valence-corrected chi connectivity index (χ4v) is 2.65. The van der Waals surface area contributed by atoms with Crippen molar-refractivity contribution in [3.8, 4) is 11.5 Å². The van der Waals surface area contributed by atoms with Gasteiger partial charge in [-0.3, -0.25) is 9.48 Å². The minimum Gasteiger partial charge on any atom is -0.493 e. The van der Waals surface area contributed by atoms with Gasteiger partial charge in [-0.05, 0) is 35.0 Å². The highest BCUT2D eigenvalue weighted by Crippen LogP contribution is 2.37. The van der Waals surface area contributed by atoms with E-state index in [0.29, 0.717) is 28.4 Å². The molecule has 1 aromatic heterocycles. The molecule has 0 unspecified atom stereocenters. The van der Waals surface area contributed by atoms with Crippen molar-refractivity contribution in [2.24, 2.45) is 7.05 Å². The van der Waals surface area contributed by atoms with Crippen molar-refractivity contribution in [1.82, 2.24) is 9.78 Å². The molecule has 21 heavy (non-hydrogen) atoms. The minimum atomic E-state index is 0.272. The highest BCUT2D eigenvalue weighted by atomic mass is 79.9. The molecule has 0 N–H and O–H groups in total. The lowest BCUT2D eigenvalue weighted by Crippen LogP contribution is -2.05. The fraction of sp³-hybridized carbons (Fsp3) is 0.286. The van der Waals surface area contributed by atoms with E-state index < -0.39 is 0 Å². The molecule has 0 aliphatic rings. The van der Waals surface area contributed by atoms with E-state index in [0.717, 1.165) is 15.9 Å². The van der Waals surface area contributed by atoms with E-state index in [-0.39, 0.29) is 6.61 Å². The summed E-state index contributed by atoms with van der Waals surface area (Å²) in [5, 5.41) is 4.62. The number of carbonyl (C=O) groups excluding carboxylic acids is 1. The number of rotatable bonds is 5. The zero-order chi connectivity index (χ0) is 15.6. The van der Waals surface area contributed by atoms with Crippen molar-refractivity contribution in [1.29, 1.82) is 0 Å². The van der Waals surface area contributed by atoms with E-state index in [9.17, 15) is 4.79 Å². The standard InChI is InChI=1S/C14H14BrClN2O3/c1-8-13(15)11(18(2)17-8)7-21-14-10(16)4-9(6-19)5-12(14)20-3/h4-6H,7H2,1-3H3. The second kappa shape index (κ2) is 6.49. The maximum Gasteiger partial charge on any atom is 0.180 e. The first kappa shape index (κ1) is 15.9. The third-order valence-corrected chi connectivity index (χ3v) is 4.31. The molecule has 0 spiro atoms. The number of methoxy groups -OCH3 is 1. The molecule has 0 radical (unpaired) electrons. The normalized spacial score (nSPS) is 10.5. The zero-order valence-corrected chi connectivity index (χ0v) is 14.2. The topological polar surface area (TPSA) is 53.4 Å². The Kier molecular flexibility index (Phi) is 4.90. The molecule has 0 saturated carbocycles. The van der Waals surface area contributed by atoms with E-state index in [4.69, 9.17) is 21.1 Å². The van der Waals surface area contributed by atoms with E-state index in [1.807, 2.05) is 14.0 Å². The summed E-state index contributed by atoms with van der Waals surface area (Å²) in [7, 11) is 3.34. The maximum absolute atomic E-state index is 10.8. The van der Waals surface area contributed by atoms with Crippen LogP contribution in [0.4, 0.5) is 0 Å². The summed E-state index contributed by atoms with van der Waals surface area (Å²) < 4.78 is 13.6. The Morgan fingerprint density at radius 1 is 1.48 bits per heavy atom. The van der Waals surface area contributed by atoms with Gasteiger partial charge in [0.25, 0.3) is 0 Å². The largest absolute Gasteiger partial charge is 0.493 e. The fourth-order valence-electron chi connectivity index (χ4n) is 1.93. The van der Waals surface area contributed by atoms with Crippen molar-refractivity contribution < 1.29 is 14.3 Å². The summed E-state index contributed by atoms with van der Waals surface area (Å²) in [6, 6.07) is 3.12. The van der Waals surface area contributed by atoms with Gasteiger partial charge in [0.15, 0.2) is 11.5 Å². The molecule has 0 fully saturated rings. The minimum absolute atomic E-state index is 0.272. The molecule has 0 saturated heterocycles. The predicted octanol–water partition coefficient (Wildman–Crippen LogP) is 3.54. The van der Waals surface area contributed by atoms with Crippen LogP contribution in [0.2, 0.25) is 5.02 Å². The van der Waals surface area contributed by atoms with Gasteiger partial charge in [0.05, 0.1) is 28.0 Å². The molecule has 0 atom stereocenters. The molecule has 0 aliphatic carbocycles. The average Bonchev–Trinajstić information content (AvgIpc) is 2.70. The summed E-state index contributed by atoms with van der Waals surface area (Å²) in [5.74, 6) is 0.815. The summed E-state index contributed by atoms with van der Waals surface area (Å²) in [6.07, 6.45) is 0.708. The van der Waals surface area contributed by atoms with Crippen LogP contribution in [0.25, 0.3) is 0 Å². The van der Waals surface area contributed by atoms with Gasteiger partial charge in [-0.2, -0.15) is 5.10 Å². The van der Waals surface area contributed by atoms with Gasteiger partial charge in [-0.1, -0.05) is 11.6 Å². The van der Waals surface area contributed by atoms with Crippen LogP contribution in [0.3, 0.4) is 0 Å². The number of ether oxygens (including phenoxy) is 2. The second-order valence-corrected chi connectivity index (χ2v) is 5.61. The molecule has 1 heterocycles. The first-order chi connectivity index (χ1) is 9.97. The number of aryl methyl sites for hydroxylation is 2. The molecule has 2 aromatic rings. The molecule has 2 rings (SSSR count). The third-order valence-electron chi connectivity index (χ3n) is 3.00. The van der Waals surface area contributed by atoms with Crippen LogP contribution in [0, 0.1) is 6.92 Å². The van der Waals surface area contributed by atoms with E-state index >= 15 is 0 Å². The van der Waals surface area contributed by atoms with Gasteiger partial charge in [-0.25, -0.2) is 0 Å². The van der Waals surface area contributed by atoms with Crippen LogP contribution in [0.1, 0.15) is 21.7 Å². The first-order valence-electron chi connectivity index (χ1n) is 6.11. The van der Waals surface area contributed by atoms with Crippen LogP contribution >= 0.6 is 27.5 Å². The molecule has 1 aromatic carbocycles. The molecule has 0 bridgehead atoms. The van der Waals surface area contributed by atoms with Crippen molar-refractivity contribution >= 4 is 33.8 Å². The average molecular weight is 374 g/mol. The van der Waals surface area contributed by atoms with Crippen molar-refractivity contribution in [3.63, 3.8) is 0 Å². The van der Waals surface area contributed by atoms with Crippen LogP contribution in [0.15, 0.2) is 16.6 Å². The lowest BCUT2D eigenvalue weighted by molar-refractivity contribution is 0.112. The number of hydrogen-bond acceptors (Lipinski definition) is 4. The highest BCUT2D eigenvalue weighted by Gasteiger charge is 2.15. The lowest BCUT2D eigenvalue weighted by Gasteiger charge is -2.13. The van der Waals surface area contributed by atoms with Crippen LogP contribution in [-0.2, 0) is 13.7 Å². The monoisotopic (exact) mass is 372 g/mol. The maximum atomic E-state index is 10.8. The molecule has 0 amide bonds. The Bertz CT molecular complexity index is 685. The second-order valence-electron chi connectivity index (χ2n) is 4.41. The van der Waals surface area contributed by atoms with Crippen molar-refractivity contribution in [2.75, 3.05) is 7.11 Å². The van der Waals surface area contributed by atoms with Gasteiger partial charge in [0.2, 0.25) is 0 Å². The number of halogens is 2. The van der Waals surface area contributed by atoms with Gasteiger partial charge in [0, 0.05) is 12.6 Å². The Morgan fingerprint density at radius 2 is 2.19 bits per heavy atom. The van der Waals surface area contributed by atoms with Gasteiger partial charge < -0.3 is 9.47 Å². The van der Waals surface area contributed by atoms with Crippen LogP contribution in [0.5, 0.6) is 11.5 Å². The molecule has 5 nitrogen and oxygen atoms in total. The molecular formula is C14H14BrClN2O3. The van der Waals surface area contributed by atoms with Gasteiger partial charge in [-0.15, -0.1) is 0 Å². The third kappa shape index (κ3) is 3.22. The highest BCUT2D eigenvalue weighted by molar-refractivity contribution is 9.10. The van der Waals surface area contributed by atoms with Gasteiger partial charge >= 0.3 is 0 Å². The summed E-state index contributed by atoms with van der Waals surface area (Å²) in [6.45, 7) is 2.18. The van der Waals surface area contributed by atoms with Gasteiger partial charge in [0.1, 0.15) is 12.9 Å². The zero-order valence-electron chi connectivity index (χ0n) is 11.8. The van der Waals surface area contributed by atoms with Crippen LogP contribution < -0.4 is 9.47 Å². The van der Waals surface area contributed by atoms with Crippen molar-refractivity contribution in [3.05, 3.63) is 38.6 Å². The molecular weight excluding hydrogens is 360 g/mol. The lowest BCUT2D eigenvalue weighted by atomic mass is 10.2. The number of aldehydes is 1. The van der Waals surface area contributed by atoms with E-state index in [1.54, 1.807) is 10.7 Å². The number of nitrogens with zero attached hydrogens (tertiary/aromatic N) is 2. The number of carbonyl (C=O) groups is 1. The number of benzene rings is 1. The Balaban J connectivity index is 2.29. The SMILES string of the molecule is COc1cc(C=O)cc(Cl)c1OCc1c(Br)c(C)nn1C. The number of aromatic nitrogens is 2. The number of hydrogen-bond donors (Lipinski definition) is 0. The molecule has 112 valence electrons. The summed E-state index contributed by atoms with van der Waals surface area (Å²) >= 11 is 9.62. The Labute approximate surface area is 135 Å². The van der Waals surface area contributed by atoms with Crippen molar-refractivity contribution in [2.45, 2.75) is 13.5 Å². The molecule has 7 heteroatoms. The summed E-state index contributed by atoms with van der Waals surface area (Å²) in [5.41, 5.74) is 2.19. The van der Waals surface area contributed by atoms with Crippen LogP contribution in [-0.4, -0.2) is 23.2 Å². The smallest absolute Gasteiger partial charge is 0.180 e. The van der Waals surface area contributed by atoms with E-state index in [2.05, 4.69) is 21.0 Å². The quantitative estimate of drug-likeness (QED) is 0.752. The molecule has 0 aliphatic heterocycles. The summed E-state index contributed by atoms with van der Waals surface area (Å²) in [4.78, 5) is 10.8. The van der Waals surface area contributed by atoms with E-state index in [1.165, 1.54) is 13.2 Å². The predicted molar refractivity (Wildman–Crippen MR) is 83.4 cm³/mol. The Morgan fingerprint density at radius 3 is 2.71 bits per heavy atom.